The van der Waals surface area contributed by atoms with Crippen LogP contribution in [0.25, 0.3) is 0 Å². The Hall–Kier alpha value is -3.09. The number of rotatable bonds is 7. The number of nitrogens with one attached hydrogen (secondary N) is 1. The second kappa shape index (κ2) is 12.6. The van der Waals surface area contributed by atoms with E-state index < -0.39 is 24.2 Å². The first kappa shape index (κ1) is 33.4. The first-order valence-electron chi connectivity index (χ1n) is 14.9. The van der Waals surface area contributed by atoms with Gasteiger partial charge in [0, 0.05) is 22.2 Å². The second-order valence-corrected chi connectivity index (χ2v) is 13.7. The van der Waals surface area contributed by atoms with Crippen molar-refractivity contribution in [1.29, 1.82) is 5.26 Å². The maximum Gasteiger partial charge on any atom is 0.498 e. The highest BCUT2D eigenvalue weighted by atomic mass is 16.7. The van der Waals surface area contributed by atoms with Gasteiger partial charge in [-0.2, -0.15) is 5.26 Å². The predicted octanol–water partition coefficient (Wildman–Crippen LogP) is 5.80. The number of carbonyl (C=O) groups excluding carboxylic acids is 2. The van der Waals surface area contributed by atoms with Crippen molar-refractivity contribution in [1.82, 2.24) is 10.4 Å². The highest BCUT2D eigenvalue weighted by Crippen LogP contribution is 2.38. The van der Waals surface area contributed by atoms with Gasteiger partial charge in [0.2, 0.25) is 0 Å². The van der Waals surface area contributed by atoms with Crippen LogP contribution in [-0.2, 0) is 14.1 Å². The topological polar surface area (TPSA) is 101 Å². The molecule has 9 heteroatoms. The molecular formula is C33H48BN3O5. The summed E-state index contributed by atoms with van der Waals surface area (Å²) < 4.78 is 18.4. The monoisotopic (exact) mass is 577 g/mol. The highest BCUT2D eigenvalue weighted by molar-refractivity contribution is 6.63. The van der Waals surface area contributed by atoms with E-state index in [1.165, 1.54) is 10.6 Å². The molecule has 0 bridgehead atoms. The van der Waals surface area contributed by atoms with Crippen molar-refractivity contribution in [2.24, 2.45) is 11.3 Å². The van der Waals surface area contributed by atoms with Crippen molar-refractivity contribution in [2.75, 3.05) is 6.61 Å². The number of hydrazine groups is 1. The van der Waals surface area contributed by atoms with Gasteiger partial charge in [0.25, 0.3) is 11.8 Å². The highest BCUT2D eigenvalue weighted by Gasteiger charge is 2.52. The van der Waals surface area contributed by atoms with E-state index in [0.717, 1.165) is 6.42 Å². The number of hydrogen-bond donors (Lipinski definition) is 1. The van der Waals surface area contributed by atoms with E-state index in [-0.39, 0.29) is 29.9 Å². The third-order valence-electron chi connectivity index (χ3n) is 8.68. The molecule has 1 unspecified atom stereocenters. The Morgan fingerprint density at radius 3 is 2.36 bits per heavy atom. The molecule has 1 heterocycles. The number of hydrogen-bond acceptors (Lipinski definition) is 6. The summed E-state index contributed by atoms with van der Waals surface area (Å²) in [7, 11) is -0.733. The largest absolute Gasteiger partial charge is 0.498 e. The van der Waals surface area contributed by atoms with Gasteiger partial charge in [-0.1, -0.05) is 58.4 Å². The zero-order valence-electron chi connectivity index (χ0n) is 27.3. The summed E-state index contributed by atoms with van der Waals surface area (Å²) in [5.74, 6) is -0.0425. The van der Waals surface area contributed by atoms with Gasteiger partial charge in [-0.15, -0.1) is 0 Å². The predicted molar refractivity (Wildman–Crippen MR) is 166 cm³/mol. The van der Waals surface area contributed by atoms with Gasteiger partial charge in [0.1, 0.15) is 11.8 Å². The van der Waals surface area contributed by atoms with Gasteiger partial charge < -0.3 is 14.0 Å². The van der Waals surface area contributed by atoms with Crippen molar-refractivity contribution in [3.63, 3.8) is 0 Å². The average molecular weight is 578 g/mol. The smallest absolute Gasteiger partial charge is 0.479 e. The lowest BCUT2D eigenvalue weighted by atomic mass is 9.76. The molecule has 0 radical (unpaired) electrons. The molecule has 0 aromatic heterocycles. The number of amides is 2. The van der Waals surface area contributed by atoms with Gasteiger partial charge >= 0.3 is 7.12 Å². The van der Waals surface area contributed by atoms with Crippen molar-refractivity contribution in [2.45, 2.75) is 113 Å². The molecule has 2 atom stereocenters. The van der Waals surface area contributed by atoms with Crippen LogP contribution in [0.1, 0.15) is 104 Å². The lowest BCUT2D eigenvalue weighted by Gasteiger charge is -2.40. The van der Waals surface area contributed by atoms with Crippen molar-refractivity contribution in [3.8, 4) is 11.8 Å². The summed E-state index contributed by atoms with van der Waals surface area (Å²) in [6.07, 6.45) is 6.21. The molecule has 0 saturated carbocycles. The fourth-order valence-corrected chi connectivity index (χ4v) is 5.69. The van der Waals surface area contributed by atoms with Crippen LogP contribution >= 0.6 is 0 Å². The van der Waals surface area contributed by atoms with E-state index in [2.05, 4.69) is 46.1 Å². The normalized spacial score (nSPS) is 20.5. The van der Waals surface area contributed by atoms with E-state index in [1.54, 1.807) is 19.1 Å². The number of nitriles is 1. The number of carbonyl (C=O) groups is 2. The molecule has 1 N–H and O–H groups in total. The van der Waals surface area contributed by atoms with E-state index in [0.29, 0.717) is 40.8 Å². The van der Waals surface area contributed by atoms with Crippen LogP contribution in [0.15, 0.2) is 35.4 Å². The summed E-state index contributed by atoms with van der Waals surface area (Å²) in [5, 5.41) is 10.8. The van der Waals surface area contributed by atoms with Crippen LogP contribution in [0.3, 0.4) is 0 Å². The minimum Gasteiger partial charge on any atom is -0.479 e. The molecule has 2 aliphatic rings. The van der Waals surface area contributed by atoms with Gasteiger partial charge in [0.15, 0.2) is 6.61 Å². The molecule has 42 heavy (non-hydrogen) atoms. The Kier molecular flexibility index (Phi) is 10.1. The molecule has 1 aliphatic heterocycles. The summed E-state index contributed by atoms with van der Waals surface area (Å²) in [4.78, 5) is 28.0. The zero-order chi connectivity index (χ0) is 31.6. The van der Waals surface area contributed by atoms with Crippen molar-refractivity contribution < 1.29 is 23.6 Å². The van der Waals surface area contributed by atoms with Crippen LogP contribution in [0.4, 0.5) is 0 Å². The Morgan fingerprint density at radius 1 is 1.19 bits per heavy atom. The quantitative estimate of drug-likeness (QED) is 0.250. The molecule has 1 aromatic rings. The maximum absolute atomic E-state index is 14.1. The number of ether oxygens (including phenoxy) is 1. The molecule has 3 rings (SSSR count). The van der Waals surface area contributed by atoms with E-state index in [1.807, 2.05) is 46.8 Å². The molecule has 1 aromatic carbocycles. The molecule has 228 valence electrons. The Balaban J connectivity index is 2.03. The fourth-order valence-electron chi connectivity index (χ4n) is 5.69. The fraction of sp³-hybridized carbons (Fsp3) is 0.606. The van der Waals surface area contributed by atoms with Crippen LogP contribution in [0.2, 0.25) is 0 Å². The Morgan fingerprint density at radius 2 is 1.81 bits per heavy atom. The first-order chi connectivity index (χ1) is 19.4. The molecule has 2 amide bonds. The van der Waals surface area contributed by atoms with Crippen LogP contribution in [0.5, 0.6) is 5.75 Å². The number of nitrogens with zero attached hydrogens (tertiary/aromatic N) is 2. The third-order valence-corrected chi connectivity index (χ3v) is 8.68. The van der Waals surface area contributed by atoms with Gasteiger partial charge in [-0.3, -0.25) is 15.0 Å². The molecule has 1 saturated heterocycles. The van der Waals surface area contributed by atoms with E-state index in [4.69, 9.17) is 14.0 Å². The Bertz CT molecular complexity index is 1290. The minimum atomic E-state index is -0.733. The summed E-state index contributed by atoms with van der Waals surface area (Å²) in [6.45, 7) is 21.8. The van der Waals surface area contributed by atoms with Crippen LogP contribution in [0, 0.1) is 29.6 Å². The van der Waals surface area contributed by atoms with Gasteiger partial charge in [0.05, 0.1) is 17.2 Å². The number of benzene rings is 1. The first-order valence-corrected chi connectivity index (χ1v) is 14.9. The zero-order valence-corrected chi connectivity index (χ0v) is 27.3. The van der Waals surface area contributed by atoms with Crippen molar-refractivity contribution in [3.05, 3.63) is 46.6 Å². The van der Waals surface area contributed by atoms with Gasteiger partial charge in [-0.05, 0) is 78.2 Å². The summed E-state index contributed by atoms with van der Waals surface area (Å²) >= 11 is 0. The molecule has 0 spiro atoms. The van der Waals surface area contributed by atoms with Gasteiger partial charge in [-0.25, -0.2) is 5.01 Å². The summed E-state index contributed by atoms with van der Waals surface area (Å²) in [5.41, 5.74) is 4.93. The number of allylic oxidation sites excluding steroid dienone is 3. The van der Waals surface area contributed by atoms with E-state index >= 15 is 0 Å². The average Bonchev–Trinajstić information content (AvgIpc) is 2.98. The third kappa shape index (κ3) is 7.10. The Labute approximate surface area is 252 Å². The standard InChI is InChI=1S/C33H48BN3O5/c1-12-27(31(5,6)7)37(30(39)24-14-13-21(2)19-22(3)20-24)36-29(38)25-15-16-26(28(23(25)4)40-18-17-35)34-41-32(8,9)33(10,11)42-34/h13,15-16,20,22,27H,12,14,18-19H2,1-11H3,(H,36,38)/t22?,27-/m1/s1. The minimum absolute atomic E-state index is 0.199. The lowest BCUT2D eigenvalue weighted by Crippen LogP contribution is -2.56. The molecule has 8 nitrogen and oxygen atoms in total. The molecule has 1 aliphatic carbocycles. The van der Waals surface area contributed by atoms with Crippen LogP contribution < -0.4 is 15.6 Å². The maximum atomic E-state index is 14.1. The lowest BCUT2D eigenvalue weighted by molar-refractivity contribution is -0.135. The van der Waals surface area contributed by atoms with E-state index in [9.17, 15) is 14.9 Å². The molecule has 1 fully saturated rings. The SMILES string of the molecule is CC[C@@H](N(NC(=O)c1ccc(B2OC(C)(C)C(C)(C)O2)c(OCC#N)c1C)C(=O)C1=CC(C)CC(C)=CC1)C(C)(C)C. The summed E-state index contributed by atoms with van der Waals surface area (Å²) in [6, 6.07) is 5.20. The molecular weight excluding hydrogens is 529 g/mol. The second-order valence-electron chi connectivity index (χ2n) is 13.7. The van der Waals surface area contributed by atoms with Crippen LogP contribution in [-0.4, -0.2) is 47.8 Å². The van der Waals surface area contributed by atoms with Crippen molar-refractivity contribution >= 4 is 24.4 Å².